The van der Waals surface area contributed by atoms with Crippen LogP contribution in [-0.4, -0.2) is 16.3 Å². The first-order valence-electron chi connectivity index (χ1n) is 6.67. The Morgan fingerprint density at radius 1 is 1.32 bits per heavy atom. The molecule has 0 saturated heterocycles. The van der Waals surface area contributed by atoms with Gasteiger partial charge in [0.05, 0.1) is 5.57 Å². The third-order valence-electron chi connectivity index (χ3n) is 1.77. The number of carboxylic acid groups (broad SMARTS) is 1. The lowest BCUT2D eigenvalue weighted by atomic mass is 10.2. The largest absolute Gasteiger partial charge is 0.478 e. The van der Waals surface area contributed by atoms with E-state index in [4.69, 9.17) is 5.11 Å². The van der Waals surface area contributed by atoms with E-state index >= 15 is 0 Å². The molecule has 0 aliphatic heterocycles. The SMILES string of the molecule is CC.CC.CC(C)SC1=C(F)C=C(C(=O)O)C=CC1. The Bertz CT molecular complexity index is 355. The van der Waals surface area contributed by atoms with Crippen LogP contribution in [0.4, 0.5) is 4.39 Å². The molecule has 0 saturated carbocycles. The van der Waals surface area contributed by atoms with Gasteiger partial charge in [-0.3, -0.25) is 0 Å². The number of carboxylic acids is 1. The maximum Gasteiger partial charge on any atom is 0.335 e. The summed E-state index contributed by atoms with van der Waals surface area (Å²) in [5, 5.41) is 9.02. The average Bonchev–Trinajstić information content (AvgIpc) is 2.57. The van der Waals surface area contributed by atoms with Gasteiger partial charge in [0.1, 0.15) is 5.83 Å². The van der Waals surface area contributed by atoms with Crippen LogP contribution in [0.5, 0.6) is 0 Å². The first-order chi connectivity index (χ1) is 9.00. The van der Waals surface area contributed by atoms with Crippen LogP contribution in [0.2, 0.25) is 0 Å². The predicted octanol–water partition coefficient (Wildman–Crippen LogP) is 5.33. The summed E-state index contributed by atoms with van der Waals surface area (Å²) < 4.78 is 13.6. The molecule has 0 atom stereocenters. The Hall–Kier alpha value is -1.03. The summed E-state index contributed by atoms with van der Waals surface area (Å²) in [6.45, 7) is 11.9. The van der Waals surface area contributed by atoms with Crippen LogP contribution in [0.15, 0.2) is 34.5 Å². The van der Waals surface area contributed by atoms with Crippen LogP contribution in [-0.2, 0) is 4.79 Å². The van der Waals surface area contributed by atoms with Crippen molar-refractivity contribution in [3.05, 3.63) is 34.5 Å². The van der Waals surface area contributed by atoms with Gasteiger partial charge in [-0.2, -0.15) is 0 Å². The molecule has 2 nitrogen and oxygen atoms in total. The molecule has 0 aromatic heterocycles. The Morgan fingerprint density at radius 2 is 1.84 bits per heavy atom. The summed E-state index contributed by atoms with van der Waals surface area (Å²) in [6.07, 6.45) is 4.66. The van der Waals surface area contributed by atoms with Crippen molar-refractivity contribution >= 4 is 17.7 Å². The van der Waals surface area contributed by atoms with Gasteiger partial charge in [0, 0.05) is 10.2 Å². The molecule has 0 spiro atoms. The molecular weight excluding hydrogens is 263 g/mol. The van der Waals surface area contributed by atoms with E-state index < -0.39 is 11.8 Å². The Balaban J connectivity index is 0. The van der Waals surface area contributed by atoms with Gasteiger partial charge < -0.3 is 5.11 Å². The summed E-state index contributed by atoms with van der Waals surface area (Å²) in [5.41, 5.74) is -0.00754. The summed E-state index contributed by atoms with van der Waals surface area (Å²) in [6, 6.07) is 0. The van der Waals surface area contributed by atoms with Gasteiger partial charge in [0.2, 0.25) is 0 Å². The molecule has 0 unspecified atom stereocenters. The monoisotopic (exact) mass is 288 g/mol. The van der Waals surface area contributed by atoms with E-state index in [1.165, 1.54) is 17.8 Å². The van der Waals surface area contributed by atoms with Crippen LogP contribution >= 0.6 is 11.8 Å². The molecule has 0 radical (unpaired) electrons. The highest BCUT2D eigenvalue weighted by atomic mass is 32.2. The van der Waals surface area contributed by atoms with Crippen molar-refractivity contribution in [3.8, 4) is 0 Å². The number of hydrogen-bond donors (Lipinski definition) is 1. The van der Waals surface area contributed by atoms with Gasteiger partial charge >= 0.3 is 5.97 Å². The third-order valence-corrected chi connectivity index (χ3v) is 2.89. The normalized spacial score (nSPS) is 13.8. The molecule has 0 heterocycles. The molecule has 0 aromatic rings. The number of halogens is 1. The lowest BCUT2D eigenvalue weighted by Crippen LogP contribution is -1.96. The van der Waals surface area contributed by atoms with Gasteiger partial charge in [0.25, 0.3) is 0 Å². The predicted molar refractivity (Wildman–Crippen MR) is 83.0 cm³/mol. The second-order valence-corrected chi connectivity index (χ2v) is 5.12. The second kappa shape index (κ2) is 12.0. The summed E-state index contributed by atoms with van der Waals surface area (Å²) in [4.78, 5) is 11.3. The highest BCUT2D eigenvalue weighted by molar-refractivity contribution is 8.03. The minimum Gasteiger partial charge on any atom is -0.478 e. The first kappa shape index (κ1) is 20.3. The van der Waals surface area contributed by atoms with Crippen molar-refractivity contribution in [3.63, 3.8) is 0 Å². The topological polar surface area (TPSA) is 37.3 Å². The molecule has 110 valence electrons. The lowest BCUT2D eigenvalue weighted by molar-refractivity contribution is -0.132. The number of allylic oxidation sites excluding steroid dienone is 4. The highest BCUT2D eigenvalue weighted by Crippen LogP contribution is 2.31. The molecule has 1 rings (SSSR count). The smallest absolute Gasteiger partial charge is 0.335 e. The zero-order chi connectivity index (χ0) is 15.4. The van der Waals surface area contributed by atoms with Crippen molar-refractivity contribution in [2.45, 2.75) is 53.2 Å². The highest BCUT2D eigenvalue weighted by Gasteiger charge is 2.13. The fraction of sp³-hybridized carbons (Fsp3) is 0.533. The van der Waals surface area contributed by atoms with Crippen molar-refractivity contribution in [1.29, 1.82) is 0 Å². The number of aliphatic carboxylic acids is 1. The van der Waals surface area contributed by atoms with Crippen LogP contribution in [0.25, 0.3) is 0 Å². The molecule has 0 bridgehead atoms. The number of hydrogen-bond acceptors (Lipinski definition) is 2. The van der Waals surface area contributed by atoms with Crippen LogP contribution < -0.4 is 0 Å². The van der Waals surface area contributed by atoms with E-state index in [9.17, 15) is 9.18 Å². The maximum atomic E-state index is 13.6. The Morgan fingerprint density at radius 3 is 2.26 bits per heavy atom. The van der Waals surface area contributed by atoms with E-state index in [0.717, 1.165) is 6.08 Å². The van der Waals surface area contributed by atoms with Gasteiger partial charge in [-0.05, 0) is 12.5 Å². The molecule has 0 amide bonds. The quantitative estimate of drug-likeness (QED) is 0.762. The van der Waals surface area contributed by atoms with E-state index in [1.807, 2.05) is 41.5 Å². The van der Waals surface area contributed by atoms with Crippen molar-refractivity contribution in [2.75, 3.05) is 0 Å². The van der Waals surface area contributed by atoms with E-state index in [2.05, 4.69) is 0 Å². The van der Waals surface area contributed by atoms with Gasteiger partial charge in [-0.15, -0.1) is 11.8 Å². The molecule has 1 N–H and O–H groups in total. The van der Waals surface area contributed by atoms with Crippen molar-refractivity contribution in [2.24, 2.45) is 0 Å². The Kier molecular flexibility index (Phi) is 12.8. The molecule has 4 heteroatoms. The van der Waals surface area contributed by atoms with E-state index in [-0.39, 0.29) is 5.57 Å². The molecule has 0 fully saturated rings. The van der Waals surface area contributed by atoms with Crippen LogP contribution in [0.3, 0.4) is 0 Å². The molecule has 0 aromatic carbocycles. The summed E-state index contributed by atoms with van der Waals surface area (Å²) in [5.74, 6) is -1.53. The van der Waals surface area contributed by atoms with Gasteiger partial charge in [0.15, 0.2) is 0 Å². The first-order valence-corrected chi connectivity index (χ1v) is 7.55. The Labute approximate surface area is 120 Å². The molecule has 19 heavy (non-hydrogen) atoms. The van der Waals surface area contributed by atoms with Gasteiger partial charge in [-0.1, -0.05) is 53.7 Å². The zero-order valence-electron chi connectivity index (χ0n) is 12.7. The minimum absolute atomic E-state index is 0.00754. The second-order valence-electron chi connectivity index (χ2n) is 3.45. The molecular formula is C15H25FO2S. The fourth-order valence-electron chi connectivity index (χ4n) is 1.18. The summed E-state index contributed by atoms with van der Waals surface area (Å²) in [7, 11) is 0. The molecule has 1 aliphatic rings. The summed E-state index contributed by atoms with van der Waals surface area (Å²) >= 11 is 1.43. The minimum atomic E-state index is -1.10. The molecule has 1 aliphatic carbocycles. The number of thioether (sulfide) groups is 1. The standard InChI is InChI=1S/C11H13FO2S.2C2H6/c1-7(2)15-10-5-3-4-8(11(13)14)6-9(10)12;2*1-2/h3-4,6-7H,5H2,1-2H3,(H,13,14);2*1-2H3. The number of carbonyl (C=O) groups is 1. The van der Waals surface area contributed by atoms with Gasteiger partial charge in [-0.25, -0.2) is 9.18 Å². The van der Waals surface area contributed by atoms with Crippen LogP contribution in [0.1, 0.15) is 48.0 Å². The lowest BCUT2D eigenvalue weighted by Gasteiger charge is -2.07. The third kappa shape index (κ3) is 8.65. The fourth-order valence-corrected chi connectivity index (χ4v) is 2.11. The van der Waals surface area contributed by atoms with Crippen molar-refractivity contribution in [1.82, 2.24) is 0 Å². The number of rotatable bonds is 3. The average molecular weight is 288 g/mol. The zero-order valence-corrected chi connectivity index (χ0v) is 13.5. The maximum absolute atomic E-state index is 13.6. The van der Waals surface area contributed by atoms with E-state index in [1.54, 1.807) is 6.08 Å². The van der Waals surface area contributed by atoms with E-state index in [0.29, 0.717) is 16.6 Å². The van der Waals surface area contributed by atoms with Crippen molar-refractivity contribution < 1.29 is 14.3 Å². The van der Waals surface area contributed by atoms with Crippen LogP contribution in [0, 0.1) is 0 Å².